The lowest BCUT2D eigenvalue weighted by molar-refractivity contribution is -0.161. The van der Waals surface area contributed by atoms with Gasteiger partial charge in [-0.1, -0.05) is 247 Å². The Morgan fingerprint density at radius 1 is 0.437 bits per heavy atom. The molecule has 0 rings (SSSR count). The minimum Gasteiger partial charge on any atom is -0.462 e. The fraction of sp³-hybridized carbons (Fsp3) is 0.770. The molecule has 0 spiro atoms. The van der Waals surface area contributed by atoms with Crippen LogP contribution in [0.5, 0.6) is 0 Å². The third kappa shape index (κ3) is 56.6. The van der Waals surface area contributed by atoms with Gasteiger partial charge in [0.25, 0.3) is 0 Å². The maximum Gasteiger partial charge on any atom is 0.472 e. The average molecular weight is 1020 g/mol. The Hall–Kier alpha value is -2.55. The zero-order valence-electron chi connectivity index (χ0n) is 45.9. The molecule has 9 nitrogen and oxygen atoms in total. The molecule has 0 fully saturated rings. The van der Waals surface area contributed by atoms with Gasteiger partial charge in [0.1, 0.15) is 6.61 Å². The first-order chi connectivity index (χ1) is 34.8. The summed E-state index contributed by atoms with van der Waals surface area (Å²) in [5.41, 5.74) is 5.38. The van der Waals surface area contributed by atoms with Crippen molar-refractivity contribution in [2.24, 2.45) is 5.73 Å². The first-order valence-corrected chi connectivity index (χ1v) is 30.9. The van der Waals surface area contributed by atoms with E-state index >= 15 is 0 Å². The largest absolute Gasteiger partial charge is 0.472 e. The Morgan fingerprint density at radius 3 is 1.17 bits per heavy atom. The van der Waals surface area contributed by atoms with Gasteiger partial charge in [0.05, 0.1) is 13.2 Å². The summed E-state index contributed by atoms with van der Waals surface area (Å²) in [6.45, 7) is 3.65. The molecule has 0 heterocycles. The van der Waals surface area contributed by atoms with Crippen LogP contribution in [0.15, 0.2) is 72.9 Å². The summed E-state index contributed by atoms with van der Waals surface area (Å²) in [7, 11) is -4.39. The van der Waals surface area contributed by atoms with E-state index < -0.39 is 26.5 Å². The second-order valence-corrected chi connectivity index (χ2v) is 20.9. The van der Waals surface area contributed by atoms with Crippen molar-refractivity contribution in [3.8, 4) is 0 Å². The quantitative estimate of drug-likeness (QED) is 0.0264. The fourth-order valence-corrected chi connectivity index (χ4v) is 9.01. The molecule has 0 aliphatic heterocycles. The Kier molecular flexibility index (Phi) is 54.7. The van der Waals surface area contributed by atoms with E-state index in [1.165, 1.54) is 161 Å². The molecular formula is C61H110NO8P. The highest BCUT2D eigenvalue weighted by Crippen LogP contribution is 2.43. The third-order valence-electron chi connectivity index (χ3n) is 12.6. The van der Waals surface area contributed by atoms with Gasteiger partial charge in [-0.25, -0.2) is 4.57 Å². The molecule has 0 saturated heterocycles. The van der Waals surface area contributed by atoms with Gasteiger partial charge in [0.15, 0.2) is 6.10 Å². The number of hydrogen-bond donors (Lipinski definition) is 2. The normalized spacial score (nSPS) is 13.6. The third-order valence-corrected chi connectivity index (χ3v) is 13.6. The lowest BCUT2D eigenvalue weighted by atomic mass is 10.0. The van der Waals surface area contributed by atoms with Crippen molar-refractivity contribution in [2.75, 3.05) is 26.4 Å². The molecule has 0 aromatic heterocycles. The van der Waals surface area contributed by atoms with Gasteiger partial charge in [-0.15, -0.1) is 0 Å². The van der Waals surface area contributed by atoms with Crippen LogP contribution < -0.4 is 5.73 Å². The van der Waals surface area contributed by atoms with E-state index in [9.17, 15) is 19.0 Å². The van der Waals surface area contributed by atoms with Gasteiger partial charge in [-0.2, -0.15) is 0 Å². The highest BCUT2D eigenvalue weighted by atomic mass is 31.2. The Morgan fingerprint density at radius 2 is 0.775 bits per heavy atom. The van der Waals surface area contributed by atoms with Crippen LogP contribution in [0.4, 0.5) is 0 Å². The zero-order chi connectivity index (χ0) is 51.7. The van der Waals surface area contributed by atoms with Gasteiger partial charge in [-0.05, 0) is 83.5 Å². The summed E-state index contributed by atoms with van der Waals surface area (Å²) >= 11 is 0. The second kappa shape index (κ2) is 56.7. The minimum atomic E-state index is -4.39. The van der Waals surface area contributed by atoms with Crippen LogP contribution in [-0.2, 0) is 32.7 Å². The number of carbonyl (C=O) groups excluding carboxylic acids is 2. The number of phosphoric ester groups is 1. The van der Waals surface area contributed by atoms with Crippen molar-refractivity contribution >= 4 is 19.8 Å². The molecule has 0 aromatic rings. The molecule has 10 heteroatoms. The first-order valence-electron chi connectivity index (χ1n) is 29.4. The lowest BCUT2D eigenvalue weighted by Crippen LogP contribution is -2.29. The zero-order valence-corrected chi connectivity index (χ0v) is 46.8. The summed E-state index contributed by atoms with van der Waals surface area (Å²) in [4.78, 5) is 35.2. The van der Waals surface area contributed by atoms with Crippen molar-refractivity contribution in [2.45, 2.75) is 277 Å². The number of allylic oxidation sites excluding steroid dienone is 12. The Labute approximate surface area is 437 Å². The van der Waals surface area contributed by atoms with Crippen LogP contribution in [-0.4, -0.2) is 49.3 Å². The van der Waals surface area contributed by atoms with Crippen molar-refractivity contribution < 1.29 is 37.6 Å². The highest BCUT2D eigenvalue weighted by molar-refractivity contribution is 7.47. The van der Waals surface area contributed by atoms with Gasteiger partial charge in [-0.3, -0.25) is 18.6 Å². The van der Waals surface area contributed by atoms with Gasteiger partial charge < -0.3 is 20.1 Å². The number of esters is 2. The molecule has 0 aliphatic rings. The van der Waals surface area contributed by atoms with Crippen LogP contribution in [0, 0.1) is 0 Å². The summed E-state index contributed by atoms with van der Waals surface area (Å²) in [5.74, 6) is -0.829. The molecule has 412 valence electrons. The van der Waals surface area contributed by atoms with Crippen LogP contribution in [0.3, 0.4) is 0 Å². The molecule has 3 N–H and O–H groups in total. The number of unbranched alkanes of at least 4 members (excludes halogenated alkanes) is 30. The van der Waals surface area contributed by atoms with E-state index in [1.54, 1.807) is 0 Å². The van der Waals surface area contributed by atoms with E-state index in [1.807, 2.05) is 0 Å². The standard InChI is InChI=1S/C61H110NO8P/c1-3-5-7-9-11-13-15-17-19-21-23-25-27-29-31-33-35-37-39-41-43-45-47-49-51-53-60(63)67-57-59(58-69-71(65,66)68-56-55-62)70-61(64)54-52-50-48-46-44-42-40-38-36-34-32-30-28-26-24-22-20-18-16-14-12-10-8-6-4-2/h6,8,12,14,18,20-21,23-24,26,30,32,59H,3-5,7,9-11,13,15-17,19,22,25,27-29,31,33-58,62H2,1-2H3,(H,65,66)/b8-6-,14-12-,20-18-,23-21-,26-24-,32-30-. The van der Waals surface area contributed by atoms with Crippen molar-refractivity contribution in [1.82, 2.24) is 0 Å². The highest BCUT2D eigenvalue weighted by Gasteiger charge is 2.26. The van der Waals surface area contributed by atoms with Crippen LogP contribution >= 0.6 is 7.82 Å². The molecule has 0 aromatic carbocycles. The smallest absolute Gasteiger partial charge is 0.462 e. The summed E-state index contributed by atoms with van der Waals surface area (Å²) in [5, 5.41) is 0. The SMILES string of the molecule is CC/C=C\C/C=C\C/C=C\C/C=C\C/C=C\CCCCCCCCCCCC(=O)OC(COC(=O)CCCCCCCCCCCCCCC/C=C\CCCCCCCCCC)COP(=O)(O)OCCN. The van der Waals surface area contributed by atoms with Crippen molar-refractivity contribution in [3.05, 3.63) is 72.9 Å². The summed E-state index contributed by atoms with van der Waals surface area (Å²) in [6, 6.07) is 0. The predicted octanol–water partition coefficient (Wildman–Crippen LogP) is 18.5. The summed E-state index contributed by atoms with van der Waals surface area (Å²) in [6.07, 6.45) is 72.4. The maximum absolute atomic E-state index is 12.7. The molecule has 0 saturated carbocycles. The second-order valence-electron chi connectivity index (χ2n) is 19.5. The topological polar surface area (TPSA) is 134 Å². The average Bonchev–Trinajstić information content (AvgIpc) is 3.36. The van der Waals surface area contributed by atoms with Crippen LogP contribution in [0.25, 0.3) is 0 Å². The molecule has 2 unspecified atom stereocenters. The minimum absolute atomic E-state index is 0.0502. The monoisotopic (exact) mass is 1020 g/mol. The van der Waals surface area contributed by atoms with E-state index in [0.717, 1.165) is 77.0 Å². The molecule has 0 bridgehead atoms. The van der Waals surface area contributed by atoms with E-state index in [2.05, 4.69) is 86.8 Å². The van der Waals surface area contributed by atoms with Crippen LogP contribution in [0.1, 0.15) is 271 Å². The molecule has 0 radical (unpaired) electrons. The van der Waals surface area contributed by atoms with Crippen molar-refractivity contribution in [3.63, 3.8) is 0 Å². The number of carbonyl (C=O) groups is 2. The number of phosphoric acid groups is 1. The number of nitrogens with two attached hydrogens (primary N) is 1. The lowest BCUT2D eigenvalue weighted by Gasteiger charge is -2.19. The maximum atomic E-state index is 12.7. The molecule has 2 atom stereocenters. The van der Waals surface area contributed by atoms with Gasteiger partial charge in [0, 0.05) is 19.4 Å². The van der Waals surface area contributed by atoms with Crippen LogP contribution in [0.2, 0.25) is 0 Å². The molecule has 0 amide bonds. The predicted molar refractivity (Wildman–Crippen MR) is 302 cm³/mol. The van der Waals surface area contributed by atoms with E-state index in [4.69, 9.17) is 24.3 Å². The Balaban J connectivity index is 3.98. The van der Waals surface area contributed by atoms with Gasteiger partial charge in [0.2, 0.25) is 0 Å². The molecule has 0 aliphatic carbocycles. The van der Waals surface area contributed by atoms with Crippen molar-refractivity contribution in [1.29, 1.82) is 0 Å². The van der Waals surface area contributed by atoms with E-state index in [-0.39, 0.29) is 38.6 Å². The number of hydrogen-bond acceptors (Lipinski definition) is 8. The summed E-state index contributed by atoms with van der Waals surface area (Å²) < 4.78 is 33.1. The molecular weight excluding hydrogens is 906 g/mol. The van der Waals surface area contributed by atoms with Gasteiger partial charge >= 0.3 is 19.8 Å². The molecule has 71 heavy (non-hydrogen) atoms. The number of ether oxygens (including phenoxy) is 2. The first kappa shape index (κ1) is 68.5. The Bertz CT molecular complexity index is 1390. The number of rotatable bonds is 55. The van der Waals surface area contributed by atoms with E-state index in [0.29, 0.717) is 6.42 Å². The fourth-order valence-electron chi connectivity index (χ4n) is 8.25.